The first-order valence-electron chi connectivity index (χ1n) is 11.6. The first kappa shape index (κ1) is 24.8. The lowest BCUT2D eigenvalue weighted by Gasteiger charge is -2.39. The molecule has 3 heterocycles. The molecule has 5 rings (SSSR count). The van der Waals surface area contributed by atoms with Gasteiger partial charge in [-0.05, 0) is 60.4 Å². The summed E-state index contributed by atoms with van der Waals surface area (Å²) < 4.78 is 24.1. The lowest BCUT2D eigenvalue weighted by molar-refractivity contribution is -0.123. The van der Waals surface area contributed by atoms with Gasteiger partial charge in [0.2, 0.25) is 5.91 Å². The van der Waals surface area contributed by atoms with Crippen LogP contribution < -0.4 is 5.32 Å². The SMILES string of the molecule is Cc1ccc(C(=O)N2CCC2C(=O)Nc2nc(-c3cccc(-c4ccncc4)c3)cs2)cc1S(C)(=O)=O. The fourth-order valence-electron chi connectivity index (χ4n) is 4.26. The molecule has 0 radical (unpaired) electrons. The number of anilines is 1. The highest BCUT2D eigenvalue weighted by Gasteiger charge is 2.38. The van der Waals surface area contributed by atoms with E-state index >= 15 is 0 Å². The van der Waals surface area contributed by atoms with Crippen molar-refractivity contribution in [3.63, 3.8) is 0 Å². The van der Waals surface area contributed by atoms with Crippen LogP contribution in [0.4, 0.5) is 5.13 Å². The number of aromatic nitrogens is 2. The van der Waals surface area contributed by atoms with Gasteiger partial charge in [-0.3, -0.25) is 14.6 Å². The number of thiazole rings is 1. The number of amides is 2. The van der Waals surface area contributed by atoms with Crippen molar-refractivity contribution in [1.29, 1.82) is 0 Å². The molecule has 10 heteroatoms. The number of hydrogen-bond acceptors (Lipinski definition) is 7. The number of hydrogen-bond donors (Lipinski definition) is 1. The Bertz CT molecular complexity index is 1600. The maximum Gasteiger partial charge on any atom is 0.254 e. The van der Waals surface area contributed by atoms with Crippen molar-refractivity contribution >= 4 is 38.1 Å². The lowest BCUT2D eigenvalue weighted by Crippen LogP contribution is -2.56. The van der Waals surface area contributed by atoms with Crippen LogP contribution in [-0.4, -0.2) is 53.9 Å². The number of rotatable bonds is 6. The summed E-state index contributed by atoms with van der Waals surface area (Å²) in [5.74, 6) is -0.689. The predicted octanol–water partition coefficient (Wildman–Crippen LogP) is 4.44. The van der Waals surface area contributed by atoms with Crippen LogP contribution in [0.15, 0.2) is 77.3 Å². The van der Waals surface area contributed by atoms with E-state index < -0.39 is 15.9 Å². The van der Waals surface area contributed by atoms with E-state index in [1.165, 1.54) is 22.3 Å². The summed E-state index contributed by atoms with van der Waals surface area (Å²) in [7, 11) is -3.47. The van der Waals surface area contributed by atoms with Crippen molar-refractivity contribution in [2.75, 3.05) is 18.1 Å². The monoisotopic (exact) mass is 532 g/mol. The molecule has 2 amide bonds. The van der Waals surface area contributed by atoms with E-state index in [2.05, 4.69) is 15.3 Å². The molecule has 1 aliphatic rings. The fourth-order valence-corrected chi connectivity index (χ4v) is 5.97. The molecular weight excluding hydrogens is 508 g/mol. The van der Waals surface area contributed by atoms with Gasteiger partial charge in [0, 0.05) is 41.7 Å². The van der Waals surface area contributed by atoms with Gasteiger partial charge < -0.3 is 10.2 Å². The summed E-state index contributed by atoms with van der Waals surface area (Å²) in [5, 5.41) is 5.16. The molecule has 1 atom stereocenters. The molecule has 8 nitrogen and oxygen atoms in total. The Morgan fingerprint density at radius 1 is 1.03 bits per heavy atom. The summed E-state index contributed by atoms with van der Waals surface area (Å²) in [6, 6.07) is 15.8. The van der Waals surface area contributed by atoms with Crippen LogP contribution in [0, 0.1) is 6.92 Å². The quantitative estimate of drug-likeness (QED) is 0.393. The van der Waals surface area contributed by atoms with Crippen molar-refractivity contribution in [1.82, 2.24) is 14.9 Å². The predicted molar refractivity (Wildman–Crippen MR) is 143 cm³/mol. The average molecular weight is 533 g/mol. The summed E-state index contributed by atoms with van der Waals surface area (Å²) in [4.78, 5) is 36.2. The van der Waals surface area contributed by atoms with Crippen molar-refractivity contribution in [2.24, 2.45) is 0 Å². The maximum absolute atomic E-state index is 13.1. The second kappa shape index (κ2) is 9.87. The topological polar surface area (TPSA) is 109 Å². The molecule has 1 N–H and O–H groups in total. The van der Waals surface area contributed by atoms with Gasteiger partial charge in [-0.15, -0.1) is 11.3 Å². The minimum absolute atomic E-state index is 0.114. The van der Waals surface area contributed by atoms with E-state index in [9.17, 15) is 18.0 Å². The molecule has 0 spiro atoms. The molecule has 188 valence electrons. The molecule has 0 aliphatic carbocycles. The minimum atomic E-state index is -3.47. The van der Waals surface area contributed by atoms with Gasteiger partial charge in [-0.1, -0.05) is 24.3 Å². The zero-order chi connectivity index (χ0) is 26.2. The highest BCUT2D eigenvalue weighted by Crippen LogP contribution is 2.30. The van der Waals surface area contributed by atoms with Gasteiger partial charge in [0.15, 0.2) is 15.0 Å². The molecule has 1 aliphatic heterocycles. The van der Waals surface area contributed by atoms with E-state index in [1.54, 1.807) is 31.5 Å². The standard InChI is InChI=1S/C27H24N4O4S2/c1-17-6-7-21(15-24(17)37(2,34)35)26(33)31-13-10-23(31)25(32)30-27-29-22(16-36-27)20-5-3-4-19(14-20)18-8-11-28-12-9-18/h3-9,11-12,14-16,23H,10,13H2,1-2H3,(H,29,30,32). The number of likely N-dealkylation sites (tertiary alicyclic amines) is 1. The highest BCUT2D eigenvalue weighted by molar-refractivity contribution is 7.90. The molecule has 0 bridgehead atoms. The first-order chi connectivity index (χ1) is 17.7. The fraction of sp³-hybridized carbons (Fsp3) is 0.185. The van der Waals surface area contributed by atoms with E-state index in [1.807, 2.05) is 41.8 Å². The lowest BCUT2D eigenvalue weighted by atomic mass is 10.00. The normalized spacial score (nSPS) is 15.2. The molecule has 2 aromatic heterocycles. The van der Waals surface area contributed by atoms with Gasteiger partial charge in [0.25, 0.3) is 5.91 Å². The Hall–Kier alpha value is -3.89. The Balaban J connectivity index is 1.28. The number of aryl methyl sites for hydroxylation is 1. The summed E-state index contributed by atoms with van der Waals surface area (Å²) >= 11 is 1.32. The Kier molecular flexibility index (Phi) is 6.61. The number of sulfone groups is 1. The number of nitrogens with one attached hydrogen (secondary N) is 1. The summed E-state index contributed by atoms with van der Waals surface area (Å²) in [5.41, 5.74) is 4.57. The van der Waals surface area contributed by atoms with Gasteiger partial charge in [0.05, 0.1) is 10.6 Å². The maximum atomic E-state index is 13.1. The van der Waals surface area contributed by atoms with Gasteiger partial charge in [-0.25, -0.2) is 13.4 Å². The minimum Gasteiger partial charge on any atom is -0.326 e. The number of pyridine rings is 1. The van der Waals surface area contributed by atoms with E-state index in [4.69, 9.17) is 0 Å². The number of nitrogens with zero attached hydrogens (tertiary/aromatic N) is 3. The zero-order valence-electron chi connectivity index (χ0n) is 20.2. The Labute approximate surface area is 218 Å². The van der Waals surface area contributed by atoms with Crippen LogP contribution in [0.2, 0.25) is 0 Å². The van der Waals surface area contributed by atoms with Crippen molar-refractivity contribution in [3.8, 4) is 22.4 Å². The molecular formula is C27H24N4O4S2. The summed E-state index contributed by atoms with van der Waals surface area (Å²) in [6.07, 6.45) is 5.13. The largest absolute Gasteiger partial charge is 0.326 e. The number of benzene rings is 2. The Morgan fingerprint density at radius 2 is 1.78 bits per heavy atom. The zero-order valence-corrected chi connectivity index (χ0v) is 21.8. The van der Waals surface area contributed by atoms with Gasteiger partial charge >= 0.3 is 0 Å². The smallest absolute Gasteiger partial charge is 0.254 e. The van der Waals surface area contributed by atoms with Crippen molar-refractivity contribution in [3.05, 3.63) is 83.5 Å². The number of carbonyl (C=O) groups excluding carboxylic acids is 2. The third-order valence-corrected chi connectivity index (χ3v) is 8.32. The molecule has 1 fully saturated rings. The molecule has 0 saturated carbocycles. The molecule has 1 unspecified atom stereocenters. The Morgan fingerprint density at radius 3 is 2.49 bits per heavy atom. The van der Waals surface area contributed by atoms with E-state index in [0.29, 0.717) is 23.7 Å². The van der Waals surface area contributed by atoms with Crippen LogP contribution >= 0.6 is 11.3 Å². The average Bonchev–Trinajstić information content (AvgIpc) is 3.32. The summed E-state index contributed by atoms with van der Waals surface area (Å²) in [6.45, 7) is 2.10. The van der Waals surface area contributed by atoms with Gasteiger partial charge in [-0.2, -0.15) is 0 Å². The van der Waals surface area contributed by atoms with Gasteiger partial charge in [0.1, 0.15) is 6.04 Å². The van der Waals surface area contributed by atoms with Crippen molar-refractivity contribution in [2.45, 2.75) is 24.3 Å². The van der Waals surface area contributed by atoms with Crippen LogP contribution in [-0.2, 0) is 14.6 Å². The molecule has 4 aromatic rings. The van der Waals surface area contributed by atoms with Crippen molar-refractivity contribution < 1.29 is 18.0 Å². The van der Waals surface area contributed by atoms with Crippen LogP contribution in [0.1, 0.15) is 22.3 Å². The van der Waals surface area contributed by atoms with E-state index in [0.717, 1.165) is 28.6 Å². The second-order valence-electron chi connectivity index (χ2n) is 8.90. The third-order valence-electron chi connectivity index (χ3n) is 6.32. The second-order valence-corrected chi connectivity index (χ2v) is 11.7. The number of carbonyl (C=O) groups is 2. The first-order valence-corrected chi connectivity index (χ1v) is 14.4. The van der Waals surface area contributed by atoms with Crippen LogP contribution in [0.5, 0.6) is 0 Å². The highest BCUT2D eigenvalue weighted by atomic mass is 32.2. The van der Waals surface area contributed by atoms with Crippen LogP contribution in [0.3, 0.4) is 0 Å². The van der Waals surface area contributed by atoms with E-state index in [-0.39, 0.29) is 22.3 Å². The molecule has 2 aromatic carbocycles. The third kappa shape index (κ3) is 5.16. The van der Waals surface area contributed by atoms with Crippen LogP contribution in [0.25, 0.3) is 22.4 Å². The molecule has 1 saturated heterocycles. The molecule has 37 heavy (non-hydrogen) atoms.